The van der Waals surface area contributed by atoms with Gasteiger partial charge in [0.25, 0.3) is 0 Å². The highest BCUT2D eigenvalue weighted by Crippen LogP contribution is 2.15. The first-order chi connectivity index (χ1) is 10.8. The third-order valence-corrected chi connectivity index (χ3v) is 3.65. The van der Waals surface area contributed by atoms with Crippen LogP contribution < -0.4 is 0 Å². The van der Waals surface area contributed by atoms with Crippen LogP contribution in [0.15, 0.2) is 0 Å². The molecule has 0 spiro atoms. The predicted molar refractivity (Wildman–Crippen MR) is 82.5 cm³/mol. The van der Waals surface area contributed by atoms with Crippen LogP contribution in [0.1, 0.15) is 44.9 Å². The fraction of sp³-hybridized carbons (Fsp3) is 1.00. The van der Waals surface area contributed by atoms with Gasteiger partial charge in [-0.2, -0.15) is 0 Å². The minimum Gasteiger partial charge on any atom is -0.396 e. The van der Waals surface area contributed by atoms with Gasteiger partial charge in [0.15, 0.2) is 0 Å². The van der Waals surface area contributed by atoms with Crippen LogP contribution in [0.4, 0.5) is 0 Å². The fourth-order valence-electron chi connectivity index (χ4n) is 2.49. The van der Waals surface area contributed by atoms with Crippen molar-refractivity contribution in [2.24, 2.45) is 0 Å². The molecule has 0 saturated carbocycles. The highest BCUT2D eigenvalue weighted by molar-refractivity contribution is 4.74. The Morgan fingerprint density at radius 2 is 0.609 bits per heavy atom. The van der Waals surface area contributed by atoms with Crippen molar-refractivity contribution < 1.29 is 40.9 Å². The van der Waals surface area contributed by atoms with E-state index in [0.717, 1.165) is 0 Å². The van der Waals surface area contributed by atoms with Crippen LogP contribution in [0.2, 0.25) is 0 Å². The number of hydrogen-bond donors (Lipinski definition) is 8. The Morgan fingerprint density at radius 3 is 0.826 bits per heavy atom. The summed E-state index contributed by atoms with van der Waals surface area (Å²) in [6.45, 7) is -0.371. The summed E-state index contributed by atoms with van der Waals surface area (Å²) in [4.78, 5) is 0. The van der Waals surface area contributed by atoms with Gasteiger partial charge in [-0.05, 0) is 44.9 Å². The quantitative estimate of drug-likeness (QED) is 0.178. The molecule has 0 unspecified atom stereocenters. The average Bonchev–Trinajstić information content (AvgIpc) is 2.37. The molecular formula is C15H32O8. The molecule has 0 fully saturated rings. The smallest absolute Gasteiger partial charge is 0.0589 e. The molecular weight excluding hydrogens is 308 g/mol. The Hall–Kier alpha value is -0.320. The van der Waals surface area contributed by atoms with Crippen molar-refractivity contribution >= 4 is 0 Å². The van der Waals surface area contributed by atoms with E-state index in [4.69, 9.17) is 10.2 Å². The normalized spacial score (nSPS) is 19.8. The summed E-state index contributed by atoms with van der Waals surface area (Å²) in [6, 6.07) is 0. The summed E-state index contributed by atoms with van der Waals surface area (Å²) in [5.74, 6) is 0. The van der Waals surface area contributed by atoms with E-state index in [9.17, 15) is 30.6 Å². The van der Waals surface area contributed by atoms with Gasteiger partial charge in [-0.3, -0.25) is 0 Å². The summed E-state index contributed by atoms with van der Waals surface area (Å²) < 4.78 is 0. The lowest BCUT2D eigenvalue weighted by atomic mass is 9.97. The van der Waals surface area contributed by atoms with E-state index in [1.807, 2.05) is 0 Å². The molecule has 23 heavy (non-hydrogen) atoms. The molecule has 6 atom stereocenters. The van der Waals surface area contributed by atoms with Gasteiger partial charge in [0, 0.05) is 13.2 Å². The molecule has 0 aromatic rings. The van der Waals surface area contributed by atoms with E-state index in [1.54, 1.807) is 0 Å². The van der Waals surface area contributed by atoms with Crippen LogP contribution in [0, 0.1) is 0 Å². The van der Waals surface area contributed by atoms with Crippen molar-refractivity contribution in [1.82, 2.24) is 0 Å². The van der Waals surface area contributed by atoms with Crippen molar-refractivity contribution in [3.63, 3.8) is 0 Å². The molecule has 0 saturated heterocycles. The third-order valence-electron chi connectivity index (χ3n) is 3.65. The Morgan fingerprint density at radius 1 is 0.391 bits per heavy atom. The zero-order chi connectivity index (χ0) is 17.8. The topological polar surface area (TPSA) is 162 Å². The van der Waals surface area contributed by atoms with E-state index in [0.29, 0.717) is 0 Å². The standard InChI is InChI=1S/C15H32O8/c16-3-1-10(18)5-12(20)7-14(22)9-15(23)8-13(21)6-11(19)2-4-17/h10-23H,1-9H2/t10-,11-,12+,13+,14-,15+/m1/s1. The highest BCUT2D eigenvalue weighted by atomic mass is 16.3. The van der Waals surface area contributed by atoms with Crippen LogP contribution in [0.5, 0.6) is 0 Å². The number of hydrogen-bond acceptors (Lipinski definition) is 8. The zero-order valence-electron chi connectivity index (χ0n) is 13.4. The first kappa shape index (κ1) is 22.7. The van der Waals surface area contributed by atoms with Gasteiger partial charge >= 0.3 is 0 Å². The van der Waals surface area contributed by atoms with E-state index in [2.05, 4.69) is 0 Å². The number of aliphatic hydroxyl groups is 8. The van der Waals surface area contributed by atoms with Crippen LogP contribution in [0.3, 0.4) is 0 Å². The summed E-state index contributed by atoms with van der Waals surface area (Å²) in [7, 11) is 0. The molecule has 0 radical (unpaired) electrons. The van der Waals surface area contributed by atoms with Crippen molar-refractivity contribution in [2.75, 3.05) is 13.2 Å². The summed E-state index contributed by atoms with van der Waals surface area (Å²) >= 11 is 0. The van der Waals surface area contributed by atoms with Gasteiger partial charge in [-0.25, -0.2) is 0 Å². The fourth-order valence-corrected chi connectivity index (χ4v) is 2.49. The second-order valence-electron chi connectivity index (χ2n) is 6.13. The van der Waals surface area contributed by atoms with Gasteiger partial charge < -0.3 is 40.9 Å². The predicted octanol–water partition coefficient (Wildman–Crippen LogP) is -2.13. The Labute approximate surface area is 136 Å². The Kier molecular flexibility index (Phi) is 12.8. The van der Waals surface area contributed by atoms with E-state index >= 15 is 0 Å². The lowest BCUT2D eigenvalue weighted by molar-refractivity contribution is -0.00362. The maximum Gasteiger partial charge on any atom is 0.0589 e. The largest absolute Gasteiger partial charge is 0.396 e. The second-order valence-corrected chi connectivity index (χ2v) is 6.13. The molecule has 8 nitrogen and oxygen atoms in total. The molecule has 8 N–H and O–H groups in total. The van der Waals surface area contributed by atoms with Crippen molar-refractivity contribution in [3.8, 4) is 0 Å². The third kappa shape index (κ3) is 12.7. The van der Waals surface area contributed by atoms with Crippen molar-refractivity contribution in [2.45, 2.75) is 81.6 Å². The van der Waals surface area contributed by atoms with Crippen LogP contribution in [-0.2, 0) is 0 Å². The van der Waals surface area contributed by atoms with Gasteiger partial charge in [0.1, 0.15) is 0 Å². The Balaban J connectivity index is 3.97. The minimum atomic E-state index is -0.990. The van der Waals surface area contributed by atoms with Gasteiger partial charge in [-0.1, -0.05) is 0 Å². The molecule has 0 heterocycles. The molecule has 0 amide bonds. The molecule has 0 bridgehead atoms. The van der Waals surface area contributed by atoms with E-state index < -0.39 is 36.6 Å². The van der Waals surface area contributed by atoms with Crippen LogP contribution in [-0.4, -0.2) is 90.7 Å². The lowest BCUT2D eigenvalue weighted by Crippen LogP contribution is -2.29. The monoisotopic (exact) mass is 340 g/mol. The number of aliphatic hydroxyl groups excluding tert-OH is 8. The average molecular weight is 340 g/mol. The molecule has 0 aliphatic rings. The lowest BCUT2D eigenvalue weighted by Gasteiger charge is -2.22. The first-order valence-electron chi connectivity index (χ1n) is 8.08. The van der Waals surface area contributed by atoms with E-state index in [1.165, 1.54) is 0 Å². The molecule has 0 aromatic carbocycles. The SMILES string of the molecule is OCC[C@@H](O)C[C@H](O)C[C@H](O)C[C@H](O)C[C@@H](O)C[C@H](O)CCO. The second kappa shape index (κ2) is 13.0. The molecule has 140 valence electrons. The summed E-state index contributed by atoms with van der Waals surface area (Å²) in [6.07, 6.45) is -5.30. The maximum absolute atomic E-state index is 9.80. The van der Waals surface area contributed by atoms with Crippen molar-refractivity contribution in [3.05, 3.63) is 0 Å². The zero-order valence-corrected chi connectivity index (χ0v) is 13.4. The molecule has 0 rings (SSSR count). The summed E-state index contributed by atoms with van der Waals surface area (Å²) in [5, 5.41) is 75.2. The molecule has 8 heteroatoms. The molecule has 0 aromatic heterocycles. The molecule has 0 aliphatic heterocycles. The van der Waals surface area contributed by atoms with Gasteiger partial charge in [0.2, 0.25) is 0 Å². The number of rotatable bonds is 14. The van der Waals surface area contributed by atoms with Crippen LogP contribution in [0.25, 0.3) is 0 Å². The first-order valence-corrected chi connectivity index (χ1v) is 8.08. The van der Waals surface area contributed by atoms with Gasteiger partial charge in [-0.15, -0.1) is 0 Å². The molecule has 0 aliphatic carbocycles. The van der Waals surface area contributed by atoms with E-state index in [-0.39, 0.29) is 58.2 Å². The Bertz CT molecular complexity index is 252. The maximum atomic E-state index is 9.80. The highest BCUT2D eigenvalue weighted by Gasteiger charge is 2.21. The van der Waals surface area contributed by atoms with Crippen molar-refractivity contribution in [1.29, 1.82) is 0 Å². The van der Waals surface area contributed by atoms with Crippen LogP contribution >= 0.6 is 0 Å². The minimum absolute atomic E-state index is 0.0250. The van der Waals surface area contributed by atoms with Gasteiger partial charge in [0.05, 0.1) is 36.6 Å². The summed E-state index contributed by atoms with van der Waals surface area (Å²) in [5.41, 5.74) is 0.